The maximum atomic E-state index is 12.7. The van der Waals surface area contributed by atoms with Crippen molar-refractivity contribution >= 4 is 28.5 Å². The van der Waals surface area contributed by atoms with Gasteiger partial charge in [0.05, 0.1) is 11.6 Å². The first-order chi connectivity index (χ1) is 8.29. The number of rotatable bonds is 1. The predicted octanol–water partition coefficient (Wildman–Crippen LogP) is 3.51. The zero-order chi connectivity index (χ0) is 13.5. The molecule has 1 heterocycles. The number of benzene rings is 1. The van der Waals surface area contributed by atoms with Gasteiger partial charge >= 0.3 is 6.18 Å². The van der Waals surface area contributed by atoms with Crippen molar-refractivity contribution in [1.82, 2.24) is 5.32 Å². The van der Waals surface area contributed by atoms with Gasteiger partial charge in [0.2, 0.25) is 5.91 Å². The number of carbonyl (C=O) groups is 1. The fraction of sp³-hybridized carbons (Fsp3) is 0.417. The Balaban J connectivity index is 2.41. The number of nitrogens with one attached hydrogen (secondary N) is 1. The van der Waals surface area contributed by atoms with Crippen molar-refractivity contribution in [1.29, 1.82) is 0 Å². The Hall–Kier alpha value is -0.790. The first-order valence-corrected chi connectivity index (χ1v) is 6.53. The van der Waals surface area contributed by atoms with E-state index in [0.717, 1.165) is 15.7 Å². The monoisotopic (exact) mass is 369 g/mol. The molecule has 0 aromatic heterocycles. The van der Waals surface area contributed by atoms with Gasteiger partial charge in [0.25, 0.3) is 0 Å². The summed E-state index contributed by atoms with van der Waals surface area (Å²) in [5.41, 5.74) is -0.130. The van der Waals surface area contributed by atoms with E-state index in [1.807, 2.05) is 29.5 Å². The maximum absolute atomic E-state index is 12.7. The number of hydrogen-bond donors (Lipinski definition) is 1. The summed E-state index contributed by atoms with van der Waals surface area (Å²) in [4.78, 5) is 11.3. The minimum absolute atomic E-state index is 0.00880. The first kappa shape index (κ1) is 13.6. The Kier molecular flexibility index (Phi) is 3.57. The van der Waals surface area contributed by atoms with E-state index < -0.39 is 11.7 Å². The van der Waals surface area contributed by atoms with Gasteiger partial charge in [0, 0.05) is 9.99 Å². The van der Waals surface area contributed by atoms with E-state index in [1.165, 1.54) is 6.07 Å². The lowest BCUT2D eigenvalue weighted by Crippen LogP contribution is -2.21. The third-order valence-corrected chi connectivity index (χ3v) is 4.03. The van der Waals surface area contributed by atoms with Crippen LogP contribution in [0.3, 0.4) is 0 Å². The minimum Gasteiger partial charge on any atom is -0.349 e. The zero-order valence-electron chi connectivity index (χ0n) is 9.51. The molecule has 2 rings (SSSR count). The van der Waals surface area contributed by atoms with Crippen LogP contribution < -0.4 is 5.32 Å². The zero-order valence-corrected chi connectivity index (χ0v) is 11.7. The molecular weight excluding hydrogens is 358 g/mol. The van der Waals surface area contributed by atoms with Crippen LogP contribution >= 0.6 is 22.6 Å². The van der Waals surface area contributed by atoms with Crippen LogP contribution in [-0.4, -0.2) is 5.91 Å². The van der Waals surface area contributed by atoms with Crippen LogP contribution in [0.2, 0.25) is 0 Å². The topological polar surface area (TPSA) is 29.1 Å². The molecule has 0 bridgehead atoms. The number of halogens is 4. The Labute approximate surface area is 116 Å². The molecule has 0 aliphatic carbocycles. The summed E-state index contributed by atoms with van der Waals surface area (Å²) in [6, 6.07) is 3.31. The summed E-state index contributed by atoms with van der Waals surface area (Å²) in [6.45, 7) is 1.86. The fourth-order valence-electron chi connectivity index (χ4n) is 2.13. The molecule has 1 N–H and O–H groups in total. The smallest absolute Gasteiger partial charge is 0.349 e. The fourth-order valence-corrected chi connectivity index (χ4v) is 2.80. The minimum atomic E-state index is -4.36. The second-order valence-corrected chi connectivity index (χ2v) is 5.62. The van der Waals surface area contributed by atoms with Crippen LogP contribution in [-0.2, 0) is 11.0 Å². The van der Waals surface area contributed by atoms with Crippen molar-refractivity contribution in [2.75, 3.05) is 0 Å². The summed E-state index contributed by atoms with van der Waals surface area (Å²) in [5, 5.41) is 2.73. The van der Waals surface area contributed by atoms with Gasteiger partial charge < -0.3 is 5.32 Å². The highest BCUT2D eigenvalue weighted by molar-refractivity contribution is 14.1. The second-order valence-electron chi connectivity index (χ2n) is 4.46. The Morgan fingerprint density at radius 2 is 2.06 bits per heavy atom. The highest BCUT2D eigenvalue weighted by Crippen LogP contribution is 2.36. The number of hydrogen-bond acceptors (Lipinski definition) is 1. The van der Waals surface area contributed by atoms with Crippen molar-refractivity contribution in [3.63, 3.8) is 0 Å². The molecule has 0 unspecified atom stereocenters. The van der Waals surface area contributed by atoms with Crippen molar-refractivity contribution in [2.24, 2.45) is 5.92 Å². The van der Waals surface area contributed by atoms with Gasteiger partial charge in [-0.25, -0.2) is 0 Å². The van der Waals surface area contributed by atoms with Crippen molar-refractivity contribution in [3.8, 4) is 0 Å². The van der Waals surface area contributed by atoms with Crippen LogP contribution in [0.1, 0.15) is 30.5 Å². The number of carbonyl (C=O) groups excluding carboxylic acids is 1. The van der Waals surface area contributed by atoms with E-state index >= 15 is 0 Å². The standard InChI is InChI=1S/C12H11F3INO/c1-6-4-10(18)17-11(6)8-5-7(12(13,14)15)2-3-9(8)16/h2-3,5-6,11H,4H2,1H3,(H,17,18)/t6-,11-/m0/s1. The lowest BCUT2D eigenvalue weighted by atomic mass is 9.95. The normalized spacial score (nSPS) is 24.2. The summed E-state index contributed by atoms with van der Waals surface area (Å²) >= 11 is 1.99. The van der Waals surface area contributed by atoms with Crippen LogP contribution in [0.4, 0.5) is 13.2 Å². The molecule has 18 heavy (non-hydrogen) atoms. The van der Waals surface area contributed by atoms with Gasteiger partial charge in [0.1, 0.15) is 0 Å². The first-order valence-electron chi connectivity index (χ1n) is 5.45. The molecule has 1 amide bonds. The molecule has 1 aliphatic heterocycles. The van der Waals surface area contributed by atoms with Crippen LogP contribution in [0.5, 0.6) is 0 Å². The third kappa shape index (κ3) is 2.62. The van der Waals surface area contributed by atoms with E-state index in [0.29, 0.717) is 12.0 Å². The molecule has 1 aliphatic rings. The maximum Gasteiger partial charge on any atom is 0.416 e. The molecule has 0 spiro atoms. The van der Waals surface area contributed by atoms with Gasteiger partial charge in [0.15, 0.2) is 0 Å². The summed E-state index contributed by atoms with van der Waals surface area (Å²) in [6.07, 6.45) is -4.00. The van der Waals surface area contributed by atoms with Gasteiger partial charge in [-0.15, -0.1) is 0 Å². The van der Waals surface area contributed by atoms with E-state index in [-0.39, 0.29) is 17.9 Å². The highest BCUT2D eigenvalue weighted by Gasteiger charge is 2.35. The number of amides is 1. The van der Waals surface area contributed by atoms with Crippen LogP contribution in [0, 0.1) is 9.49 Å². The molecule has 2 atom stereocenters. The molecule has 1 aromatic rings. The predicted molar refractivity (Wildman–Crippen MR) is 68.8 cm³/mol. The van der Waals surface area contributed by atoms with Crippen LogP contribution in [0.25, 0.3) is 0 Å². The Morgan fingerprint density at radius 3 is 2.56 bits per heavy atom. The lowest BCUT2D eigenvalue weighted by molar-refractivity contribution is -0.137. The second kappa shape index (κ2) is 4.71. The molecular formula is C12H11F3INO. The SMILES string of the molecule is C[C@H]1CC(=O)N[C@@H]1c1cc(C(F)(F)F)ccc1I. The van der Waals surface area contributed by atoms with E-state index in [2.05, 4.69) is 5.32 Å². The molecule has 1 saturated heterocycles. The summed E-state index contributed by atoms with van der Waals surface area (Å²) in [5.74, 6) is -0.102. The van der Waals surface area contributed by atoms with Gasteiger partial charge in [-0.2, -0.15) is 13.2 Å². The van der Waals surface area contributed by atoms with Gasteiger partial charge in [-0.05, 0) is 52.3 Å². The molecule has 2 nitrogen and oxygen atoms in total. The van der Waals surface area contributed by atoms with E-state index in [4.69, 9.17) is 0 Å². The Bertz CT molecular complexity index is 487. The van der Waals surface area contributed by atoms with Crippen molar-refractivity contribution in [3.05, 3.63) is 32.9 Å². The van der Waals surface area contributed by atoms with Crippen LogP contribution in [0.15, 0.2) is 18.2 Å². The molecule has 0 saturated carbocycles. The molecule has 1 fully saturated rings. The summed E-state index contributed by atoms with van der Waals surface area (Å²) in [7, 11) is 0. The average Bonchev–Trinajstić information content (AvgIpc) is 2.56. The van der Waals surface area contributed by atoms with E-state index in [9.17, 15) is 18.0 Å². The molecule has 1 aromatic carbocycles. The lowest BCUT2D eigenvalue weighted by Gasteiger charge is -2.19. The van der Waals surface area contributed by atoms with Gasteiger partial charge in [-0.1, -0.05) is 6.92 Å². The third-order valence-electron chi connectivity index (χ3n) is 3.05. The average molecular weight is 369 g/mol. The largest absolute Gasteiger partial charge is 0.416 e. The number of alkyl halides is 3. The molecule has 98 valence electrons. The quantitative estimate of drug-likeness (QED) is 0.755. The van der Waals surface area contributed by atoms with Gasteiger partial charge in [-0.3, -0.25) is 4.79 Å². The van der Waals surface area contributed by atoms with Crippen molar-refractivity contribution in [2.45, 2.75) is 25.6 Å². The Morgan fingerprint density at radius 1 is 1.39 bits per heavy atom. The highest BCUT2D eigenvalue weighted by atomic mass is 127. The molecule has 6 heteroatoms. The van der Waals surface area contributed by atoms with Crippen molar-refractivity contribution < 1.29 is 18.0 Å². The summed E-state index contributed by atoms with van der Waals surface area (Å²) < 4.78 is 38.7. The van der Waals surface area contributed by atoms with E-state index in [1.54, 1.807) is 0 Å². The molecule has 0 radical (unpaired) electrons.